The third-order valence-electron chi connectivity index (χ3n) is 0. The minimum Gasteiger partial charge on any atom is -0.857 e. The van der Waals surface area contributed by atoms with Crippen molar-refractivity contribution >= 4 is 6.47 Å². The molecular formula is C2H5KO3. The predicted octanol–water partition coefficient (Wildman–Crippen LogP) is -4.32. The van der Waals surface area contributed by atoms with Gasteiger partial charge in [0.25, 0.3) is 6.47 Å². The SMILES string of the molecule is C[O-].O=CO.[K+]. The van der Waals surface area contributed by atoms with Crippen molar-refractivity contribution in [2.45, 2.75) is 0 Å². The molecule has 0 unspecified atom stereocenters. The zero-order valence-electron chi connectivity index (χ0n) is 3.84. The molecule has 0 fully saturated rings. The molecule has 0 atom stereocenters. The zero-order valence-corrected chi connectivity index (χ0v) is 6.96. The van der Waals surface area contributed by atoms with E-state index in [9.17, 15) is 0 Å². The number of hydrogen-bond donors (Lipinski definition) is 1. The van der Waals surface area contributed by atoms with Crippen molar-refractivity contribution in [1.82, 2.24) is 0 Å². The van der Waals surface area contributed by atoms with Crippen LogP contribution in [0.5, 0.6) is 0 Å². The fourth-order valence-corrected chi connectivity index (χ4v) is 0. The van der Waals surface area contributed by atoms with Crippen LogP contribution in [-0.4, -0.2) is 18.7 Å². The van der Waals surface area contributed by atoms with E-state index < -0.39 is 0 Å². The van der Waals surface area contributed by atoms with Gasteiger partial charge in [-0.2, -0.15) is 7.11 Å². The molecule has 0 bridgehead atoms. The molecule has 0 aliphatic carbocycles. The summed E-state index contributed by atoms with van der Waals surface area (Å²) in [7, 11) is 0.750. The van der Waals surface area contributed by atoms with Crippen molar-refractivity contribution in [2.24, 2.45) is 0 Å². The summed E-state index contributed by atoms with van der Waals surface area (Å²) in [5.74, 6) is 0. The molecule has 0 saturated heterocycles. The standard InChI is InChI=1S/CH2O2.CH3O.K/c2-1-3;1-2;/h1H,(H,2,3);1H3;/q;-1;+1. The maximum absolute atomic E-state index is 8.36. The minimum atomic E-state index is -0.250. The van der Waals surface area contributed by atoms with E-state index in [0.29, 0.717) is 0 Å². The Bertz CT molecular complexity index is 16.3. The van der Waals surface area contributed by atoms with E-state index in [-0.39, 0.29) is 57.9 Å². The Hall–Kier alpha value is 1.07. The Morgan fingerprint density at radius 2 is 1.67 bits per heavy atom. The third-order valence-corrected chi connectivity index (χ3v) is 0. The zero-order chi connectivity index (χ0) is 4.71. The summed E-state index contributed by atoms with van der Waals surface area (Å²) >= 11 is 0. The smallest absolute Gasteiger partial charge is 0.857 e. The maximum atomic E-state index is 8.36. The van der Waals surface area contributed by atoms with Crippen molar-refractivity contribution in [3.63, 3.8) is 0 Å². The van der Waals surface area contributed by atoms with Gasteiger partial charge < -0.3 is 10.2 Å². The van der Waals surface area contributed by atoms with Gasteiger partial charge in [-0.1, -0.05) is 0 Å². The van der Waals surface area contributed by atoms with Crippen LogP contribution in [0.1, 0.15) is 0 Å². The Balaban J connectivity index is -0.0000000275. The van der Waals surface area contributed by atoms with E-state index in [4.69, 9.17) is 15.0 Å². The monoisotopic (exact) mass is 116 g/mol. The molecular weight excluding hydrogens is 111 g/mol. The summed E-state index contributed by atoms with van der Waals surface area (Å²) in [6.45, 7) is -0.250. The number of rotatable bonds is 0. The first-order valence-electron chi connectivity index (χ1n) is 0.902. The largest absolute Gasteiger partial charge is 1.00 e. The van der Waals surface area contributed by atoms with E-state index in [1.807, 2.05) is 0 Å². The van der Waals surface area contributed by atoms with Gasteiger partial charge in [0.15, 0.2) is 0 Å². The van der Waals surface area contributed by atoms with Crippen LogP contribution in [0.3, 0.4) is 0 Å². The first kappa shape index (κ1) is 15.7. The van der Waals surface area contributed by atoms with Gasteiger partial charge in [-0.3, -0.25) is 4.79 Å². The summed E-state index contributed by atoms with van der Waals surface area (Å²) in [6.07, 6.45) is 0. The Morgan fingerprint density at radius 1 is 1.67 bits per heavy atom. The Labute approximate surface area is 78.8 Å². The van der Waals surface area contributed by atoms with Gasteiger partial charge in [0, 0.05) is 0 Å². The van der Waals surface area contributed by atoms with Crippen molar-refractivity contribution in [1.29, 1.82) is 0 Å². The molecule has 0 rings (SSSR count). The maximum Gasteiger partial charge on any atom is 1.00 e. The van der Waals surface area contributed by atoms with Crippen LogP contribution in [0.25, 0.3) is 0 Å². The molecule has 3 nitrogen and oxygen atoms in total. The van der Waals surface area contributed by atoms with Gasteiger partial charge in [0.05, 0.1) is 0 Å². The topological polar surface area (TPSA) is 60.4 Å². The van der Waals surface area contributed by atoms with Gasteiger partial charge >= 0.3 is 51.4 Å². The molecule has 0 heterocycles. The molecule has 4 heteroatoms. The molecule has 0 spiro atoms. The van der Waals surface area contributed by atoms with Crippen molar-refractivity contribution < 1.29 is 66.4 Å². The molecule has 0 radical (unpaired) electrons. The van der Waals surface area contributed by atoms with Crippen LogP contribution in [0.4, 0.5) is 0 Å². The summed E-state index contributed by atoms with van der Waals surface area (Å²) < 4.78 is 0. The molecule has 0 amide bonds. The van der Waals surface area contributed by atoms with Gasteiger partial charge in [-0.15, -0.1) is 0 Å². The van der Waals surface area contributed by atoms with E-state index in [1.165, 1.54) is 0 Å². The van der Waals surface area contributed by atoms with E-state index >= 15 is 0 Å². The van der Waals surface area contributed by atoms with Crippen LogP contribution in [0, 0.1) is 0 Å². The molecule has 0 aliphatic heterocycles. The number of carbonyl (C=O) groups is 1. The summed E-state index contributed by atoms with van der Waals surface area (Å²) in [6, 6.07) is 0. The second kappa shape index (κ2) is 36.5. The van der Waals surface area contributed by atoms with Crippen LogP contribution >= 0.6 is 0 Å². The first-order chi connectivity index (χ1) is 2.41. The average molecular weight is 116 g/mol. The van der Waals surface area contributed by atoms with Gasteiger partial charge in [-0.05, 0) is 0 Å². The van der Waals surface area contributed by atoms with E-state index in [0.717, 1.165) is 7.11 Å². The van der Waals surface area contributed by atoms with Gasteiger partial charge in [0.1, 0.15) is 0 Å². The fourth-order valence-electron chi connectivity index (χ4n) is 0. The molecule has 32 valence electrons. The quantitative estimate of drug-likeness (QED) is 0.257. The average Bonchev–Trinajstić information content (AvgIpc) is 1.46. The van der Waals surface area contributed by atoms with Crippen molar-refractivity contribution in [3.05, 3.63) is 0 Å². The van der Waals surface area contributed by atoms with Crippen molar-refractivity contribution in [3.8, 4) is 0 Å². The van der Waals surface area contributed by atoms with E-state index in [2.05, 4.69) is 0 Å². The first-order valence-corrected chi connectivity index (χ1v) is 0.902. The molecule has 6 heavy (non-hydrogen) atoms. The summed E-state index contributed by atoms with van der Waals surface area (Å²) in [4.78, 5) is 8.36. The fraction of sp³-hybridized carbons (Fsp3) is 0.500. The van der Waals surface area contributed by atoms with Crippen LogP contribution in [0.2, 0.25) is 0 Å². The predicted molar refractivity (Wildman–Crippen MR) is 14.6 cm³/mol. The molecule has 0 aromatic rings. The molecule has 1 N–H and O–H groups in total. The second-order valence-electron chi connectivity index (χ2n) is 0.105. The van der Waals surface area contributed by atoms with Crippen LogP contribution in [-0.2, 0) is 4.79 Å². The van der Waals surface area contributed by atoms with Crippen LogP contribution < -0.4 is 56.5 Å². The molecule has 0 aliphatic rings. The van der Waals surface area contributed by atoms with Gasteiger partial charge in [-0.25, -0.2) is 0 Å². The minimum absolute atomic E-state index is 0. The molecule has 0 saturated carbocycles. The van der Waals surface area contributed by atoms with Crippen molar-refractivity contribution in [2.75, 3.05) is 7.11 Å². The normalized spacial score (nSPS) is 3.00. The Kier molecular flexibility index (Phi) is 95.6. The summed E-state index contributed by atoms with van der Waals surface area (Å²) in [5, 5.41) is 15.1. The molecule has 0 aromatic heterocycles. The summed E-state index contributed by atoms with van der Waals surface area (Å²) in [5.41, 5.74) is 0. The van der Waals surface area contributed by atoms with E-state index in [1.54, 1.807) is 0 Å². The number of carboxylic acid groups (broad SMARTS) is 1. The second-order valence-corrected chi connectivity index (χ2v) is 0.105. The van der Waals surface area contributed by atoms with Crippen LogP contribution in [0.15, 0.2) is 0 Å². The Morgan fingerprint density at radius 3 is 1.67 bits per heavy atom. The third kappa shape index (κ3) is 73.7. The molecule has 0 aromatic carbocycles. The van der Waals surface area contributed by atoms with Gasteiger partial charge in [0.2, 0.25) is 0 Å². The number of hydrogen-bond acceptors (Lipinski definition) is 2.